The number of hydrogen-bond acceptors (Lipinski definition) is 5. The summed E-state index contributed by atoms with van der Waals surface area (Å²) < 4.78 is 18.4. The van der Waals surface area contributed by atoms with Gasteiger partial charge in [0, 0.05) is 16.4 Å². The van der Waals surface area contributed by atoms with E-state index in [1.54, 1.807) is 12.1 Å². The summed E-state index contributed by atoms with van der Waals surface area (Å²) in [4.78, 5) is 14.7. The monoisotopic (exact) mass is 777 g/mol. The van der Waals surface area contributed by atoms with E-state index in [4.69, 9.17) is 0 Å². The molecule has 1 N–H and O–H groups in total. The zero-order valence-corrected chi connectivity index (χ0v) is 24.2. The van der Waals surface area contributed by atoms with E-state index in [0.29, 0.717) is 5.16 Å². The van der Waals surface area contributed by atoms with Crippen LogP contribution in [0.2, 0.25) is 0 Å². The number of nitrogens with zero attached hydrogens (tertiary/aromatic N) is 4. The molecule has 31 heavy (non-hydrogen) atoms. The second-order valence-corrected chi connectivity index (χ2v) is 11.4. The molecule has 0 saturated heterocycles. The molecule has 0 spiro atoms. The molecule has 3 aromatic rings. The second-order valence-electron chi connectivity index (χ2n) is 6.87. The number of carbonyl (C=O) groups is 1. The molecule has 1 unspecified atom stereocenters. The van der Waals surface area contributed by atoms with Crippen molar-refractivity contribution in [3.8, 4) is 5.69 Å². The van der Waals surface area contributed by atoms with E-state index in [9.17, 15) is 9.18 Å². The van der Waals surface area contributed by atoms with Crippen LogP contribution in [0.1, 0.15) is 18.8 Å². The Morgan fingerprint density at radius 2 is 1.77 bits per heavy atom. The molecule has 11 heteroatoms. The van der Waals surface area contributed by atoms with Gasteiger partial charge in [-0.2, -0.15) is 0 Å². The molecule has 0 radical (unpaired) electrons. The smallest absolute Gasteiger partial charge is 0.234 e. The molecule has 0 aliphatic carbocycles. The summed E-state index contributed by atoms with van der Waals surface area (Å²) in [5, 5.41) is 12.3. The quantitative estimate of drug-likeness (QED) is 0.251. The standard InChI is InChI=1S/C20H19FI3N5OS/c1-11(28(2)3)19-26-27-20(29(19)14-6-4-12(21)5-7-14)31-10-17(30)25-18-15(23)8-13(22)9-16(18)24/h4-9,11H,10H2,1-3H3,(H,25,30). The summed E-state index contributed by atoms with van der Waals surface area (Å²) in [5.74, 6) is 0.460. The Labute approximate surface area is 225 Å². The lowest BCUT2D eigenvalue weighted by molar-refractivity contribution is -0.113. The topological polar surface area (TPSA) is 63.1 Å². The molecular weight excluding hydrogens is 758 g/mol. The van der Waals surface area contributed by atoms with Crippen LogP contribution < -0.4 is 5.32 Å². The van der Waals surface area contributed by atoms with Crippen molar-refractivity contribution in [2.45, 2.75) is 18.1 Å². The van der Waals surface area contributed by atoms with Gasteiger partial charge in [0.25, 0.3) is 0 Å². The average Bonchev–Trinajstić information content (AvgIpc) is 3.12. The molecule has 0 saturated carbocycles. The van der Waals surface area contributed by atoms with Gasteiger partial charge in [-0.1, -0.05) is 11.8 Å². The molecular formula is C20H19FI3N5OS. The Balaban J connectivity index is 1.83. The molecule has 1 atom stereocenters. The SMILES string of the molecule is CC(c1nnc(SCC(=O)Nc2c(I)cc(I)cc2I)n1-c1ccc(F)cc1)N(C)C. The van der Waals surface area contributed by atoms with E-state index < -0.39 is 0 Å². The van der Waals surface area contributed by atoms with Crippen LogP contribution in [0.4, 0.5) is 10.1 Å². The molecule has 164 valence electrons. The van der Waals surface area contributed by atoms with Gasteiger partial charge in [-0.25, -0.2) is 4.39 Å². The molecule has 2 aromatic carbocycles. The zero-order chi connectivity index (χ0) is 22.7. The van der Waals surface area contributed by atoms with Gasteiger partial charge in [0.15, 0.2) is 11.0 Å². The number of benzene rings is 2. The summed E-state index contributed by atoms with van der Waals surface area (Å²) in [6.07, 6.45) is 0. The van der Waals surface area contributed by atoms with Crippen LogP contribution in [0.25, 0.3) is 5.69 Å². The number of nitrogens with one attached hydrogen (secondary N) is 1. The molecule has 1 heterocycles. The molecule has 1 aromatic heterocycles. The van der Waals surface area contributed by atoms with E-state index in [2.05, 4.69) is 83.3 Å². The first kappa shape index (κ1) is 25.1. The van der Waals surface area contributed by atoms with E-state index in [1.165, 1.54) is 23.9 Å². The molecule has 6 nitrogen and oxygen atoms in total. The number of rotatable bonds is 7. The maximum atomic E-state index is 13.5. The minimum atomic E-state index is -0.311. The van der Waals surface area contributed by atoms with Gasteiger partial charge in [-0.05, 0) is 125 Å². The summed E-state index contributed by atoms with van der Waals surface area (Å²) in [6.45, 7) is 2.02. The maximum absolute atomic E-state index is 13.5. The van der Waals surface area contributed by atoms with Crippen molar-refractivity contribution >= 4 is 91.1 Å². The van der Waals surface area contributed by atoms with E-state index in [-0.39, 0.29) is 23.5 Å². The number of amides is 1. The highest BCUT2D eigenvalue weighted by molar-refractivity contribution is 14.1. The minimum Gasteiger partial charge on any atom is -0.324 e. The molecule has 3 rings (SSSR count). The maximum Gasteiger partial charge on any atom is 0.234 e. The van der Waals surface area contributed by atoms with E-state index in [0.717, 1.165) is 27.9 Å². The first-order valence-corrected chi connectivity index (χ1v) is 13.3. The lowest BCUT2D eigenvalue weighted by Gasteiger charge is -2.20. The van der Waals surface area contributed by atoms with Gasteiger partial charge in [-0.15, -0.1) is 10.2 Å². The van der Waals surface area contributed by atoms with Crippen molar-refractivity contribution in [3.63, 3.8) is 0 Å². The highest BCUT2D eigenvalue weighted by Crippen LogP contribution is 2.29. The summed E-state index contributed by atoms with van der Waals surface area (Å²) >= 11 is 8.00. The average molecular weight is 777 g/mol. The van der Waals surface area contributed by atoms with E-state index in [1.807, 2.05) is 42.6 Å². The van der Waals surface area contributed by atoms with E-state index >= 15 is 0 Å². The second kappa shape index (κ2) is 11.1. The lowest BCUT2D eigenvalue weighted by Crippen LogP contribution is -2.21. The third kappa shape index (κ3) is 6.29. The van der Waals surface area contributed by atoms with Crippen molar-refractivity contribution in [3.05, 3.63) is 58.8 Å². The van der Waals surface area contributed by atoms with Gasteiger partial charge >= 0.3 is 0 Å². The number of hydrogen-bond donors (Lipinski definition) is 1. The van der Waals surface area contributed by atoms with Crippen LogP contribution in [0.15, 0.2) is 41.6 Å². The summed E-state index contributed by atoms with van der Waals surface area (Å²) in [6, 6.07) is 10.2. The minimum absolute atomic E-state index is 0.0179. The van der Waals surface area contributed by atoms with Crippen molar-refractivity contribution in [1.29, 1.82) is 0 Å². The largest absolute Gasteiger partial charge is 0.324 e. The number of halogens is 4. The molecule has 0 bridgehead atoms. The fourth-order valence-corrected chi connectivity index (χ4v) is 7.29. The molecule has 0 fully saturated rings. The van der Waals surface area contributed by atoms with Gasteiger partial charge < -0.3 is 5.32 Å². The highest BCUT2D eigenvalue weighted by Gasteiger charge is 2.22. The normalized spacial score (nSPS) is 12.3. The van der Waals surface area contributed by atoms with Crippen LogP contribution in [0, 0.1) is 16.5 Å². The fraction of sp³-hybridized carbons (Fsp3) is 0.250. The summed E-state index contributed by atoms with van der Waals surface area (Å²) in [7, 11) is 3.91. The first-order chi connectivity index (χ1) is 14.7. The van der Waals surface area contributed by atoms with Crippen LogP contribution in [-0.4, -0.2) is 45.4 Å². The lowest BCUT2D eigenvalue weighted by atomic mass is 10.2. The number of aromatic nitrogens is 3. The van der Waals surface area contributed by atoms with Crippen LogP contribution in [-0.2, 0) is 4.79 Å². The van der Waals surface area contributed by atoms with Crippen molar-refractivity contribution in [1.82, 2.24) is 19.7 Å². The third-order valence-electron chi connectivity index (χ3n) is 4.50. The van der Waals surface area contributed by atoms with Crippen molar-refractivity contribution < 1.29 is 9.18 Å². The van der Waals surface area contributed by atoms with Crippen LogP contribution in [0.5, 0.6) is 0 Å². The van der Waals surface area contributed by atoms with Crippen LogP contribution >= 0.6 is 79.5 Å². The molecule has 0 aliphatic rings. The molecule has 1 amide bonds. The number of thioether (sulfide) groups is 1. The Kier molecular flexibility index (Phi) is 8.97. The van der Waals surface area contributed by atoms with Crippen molar-refractivity contribution in [2.24, 2.45) is 0 Å². The predicted molar refractivity (Wildman–Crippen MR) is 147 cm³/mol. The highest BCUT2D eigenvalue weighted by atomic mass is 127. The van der Waals surface area contributed by atoms with Gasteiger partial charge in [0.2, 0.25) is 5.91 Å². The Morgan fingerprint density at radius 1 is 1.16 bits per heavy atom. The predicted octanol–water partition coefficient (Wildman–Crippen LogP) is 5.57. The van der Waals surface area contributed by atoms with Crippen LogP contribution in [0.3, 0.4) is 0 Å². The van der Waals surface area contributed by atoms with Gasteiger partial charge in [0.1, 0.15) is 5.82 Å². The number of anilines is 1. The van der Waals surface area contributed by atoms with Gasteiger partial charge in [0.05, 0.1) is 17.5 Å². The third-order valence-corrected chi connectivity index (χ3v) is 7.75. The number of carbonyl (C=O) groups excluding carboxylic acids is 1. The zero-order valence-electron chi connectivity index (χ0n) is 16.9. The molecule has 0 aliphatic heterocycles. The Hall–Kier alpha value is -0.520. The summed E-state index contributed by atoms with van der Waals surface area (Å²) in [5.41, 5.74) is 1.56. The Morgan fingerprint density at radius 3 is 2.35 bits per heavy atom. The Bertz CT molecular complexity index is 1070. The van der Waals surface area contributed by atoms with Gasteiger partial charge in [-0.3, -0.25) is 14.3 Å². The van der Waals surface area contributed by atoms with Crippen molar-refractivity contribution in [2.75, 3.05) is 25.2 Å². The first-order valence-electron chi connectivity index (χ1n) is 9.12. The fourth-order valence-electron chi connectivity index (χ4n) is 2.68.